The number of alkyl halides is 1. The lowest BCUT2D eigenvalue weighted by molar-refractivity contribution is -0.147. The van der Waals surface area contributed by atoms with Crippen LogP contribution in [0, 0.1) is 11.3 Å². The van der Waals surface area contributed by atoms with E-state index in [0.717, 1.165) is 0 Å². The summed E-state index contributed by atoms with van der Waals surface area (Å²) in [6.07, 6.45) is 0.0303. The maximum atomic E-state index is 10.7. The molecular weight excluding hydrogens is 166 g/mol. The van der Waals surface area contributed by atoms with Gasteiger partial charge in [-0.1, -0.05) is 6.92 Å². The van der Waals surface area contributed by atoms with Crippen molar-refractivity contribution in [1.29, 1.82) is 5.26 Å². The third-order valence-corrected chi connectivity index (χ3v) is 1.42. The lowest BCUT2D eigenvalue weighted by Gasteiger charge is -2.10. The van der Waals surface area contributed by atoms with Crippen molar-refractivity contribution in [2.45, 2.75) is 25.9 Å². The predicted molar refractivity (Wildman–Crippen MR) is 41.1 cm³/mol. The normalized spacial score (nSPS) is 11.7. The number of carbonyl (C=O) groups is 1. The van der Waals surface area contributed by atoms with Crippen molar-refractivity contribution in [1.82, 2.24) is 0 Å². The van der Waals surface area contributed by atoms with Crippen LogP contribution in [0.2, 0.25) is 0 Å². The lowest BCUT2D eigenvalue weighted by Crippen LogP contribution is -2.18. The summed E-state index contributed by atoms with van der Waals surface area (Å²) in [5, 5.41) is 8.25. The summed E-state index contributed by atoms with van der Waals surface area (Å²) in [7, 11) is 0. The highest BCUT2D eigenvalue weighted by Crippen LogP contribution is 2.01. The van der Waals surface area contributed by atoms with Gasteiger partial charge in [-0.25, -0.2) is 0 Å². The SMILES string of the molecule is CCC(=O)O[C@@H](CCl)CC#N. The minimum atomic E-state index is -0.450. The largest absolute Gasteiger partial charge is 0.460 e. The molecule has 1 atom stereocenters. The Morgan fingerprint density at radius 2 is 2.45 bits per heavy atom. The van der Waals surface area contributed by atoms with Crippen molar-refractivity contribution >= 4 is 17.6 Å². The predicted octanol–water partition coefficient (Wildman–Crippen LogP) is 1.46. The molecule has 0 unspecified atom stereocenters. The molecule has 0 radical (unpaired) electrons. The van der Waals surface area contributed by atoms with E-state index in [1.54, 1.807) is 6.92 Å². The van der Waals surface area contributed by atoms with Crippen LogP contribution in [-0.4, -0.2) is 18.0 Å². The fourth-order valence-corrected chi connectivity index (χ4v) is 0.671. The molecule has 11 heavy (non-hydrogen) atoms. The average molecular weight is 176 g/mol. The smallest absolute Gasteiger partial charge is 0.305 e. The molecule has 0 fully saturated rings. The van der Waals surface area contributed by atoms with Crippen molar-refractivity contribution in [3.63, 3.8) is 0 Å². The van der Waals surface area contributed by atoms with Gasteiger partial charge < -0.3 is 4.74 Å². The Hall–Kier alpha value is -0.750. The number of ether oxygens (including phenoxy) is 1. The maximum Gasteiger partial charge on any atom is 0.305 e. The third kappa shape index (κ3) is 4.63. The summed E-state index contributed by atoms with van der Waals surface area (Å²) < 4.78 is 4.80. The van der Waals surface area contributed by atoms with Crippen molar-refractivity contribution in [2.75, 3.05) is 5.88 Å². The monoisotopic (exact) mass is 175 g/mol. The minimum absolute atomic E-state index is 0.162. The van der Waals surface area contributed by atoms with Crippen LogP contribution in [0.3, 0.4) is 0 Å². The molecule has 0 aromatic heterocycles. The number of hydrogen-bond donors (Lipinski definition) is 0. The molecule has 0 N–H and O–H groups in total. The Morgan fingerprint density at radius 1 is 1.82 bits per heavy atom. The Bertz CT molecular complexity index is 164. The van der Waals surface area contributed by atoms with Gasteiger partial charge in [0.1, 0.15) is 6.10 Å². The Kier molecular flexibility index (Phi) is 5.58. The van der Waals surface area contributed by atoms with Gasteiger partial charge in [-0.05, 0) is 0 Å². The van der Waals surface area contributed by atoms with Crippen LogP contribution in [0.5, 0.6) is 0 Å². The summed E-state index contributed by atoms with van der Waals surface area (Å²) in [5.41, 5.74) is 0. The minimum Gasteiger partial charge on any atom is -0.460 e. The van der Waals surface area contributed by atoms with Crippen molar-refractivity contribution < 1.29 is 9.53 Å². The molecule has 4 heteroatoms. The van der Waals surface area contributed by atoms with E-state index >= 15 is 0 Å². The molecule has 0 saturated heterocycles. The van der Waals surface area contributed by atoms with Gasteiger partial charge in [0.15, 0.2) is 0 Å². The standard InChI is InChI=1S/C7H10ClNO2/c1-2-7(10)11-6(5-8)3-4-9/h6H,2-3,5H2,1H3/t6-/m1/s1. The molecule has 0 rings (SSSR count). The Balaban J connectivity index is 3.70. The second-order valence-electron chi connectivity index (χ2n) is 1.98. The number of nitrogens with zero attached hydrogens (tertiary/aromatic N) is 1. The molecule has 3 nitrogen and oxygen atoms in total. The first-order chi connectivity index (χ1) is 5.24. The van der Waals surface area contributed by atoms with E-state index < -0.39 is 6.10 Å². The number of rotatable bonds is 4. The van der Waals surface area contributed by atoms with Crippen LogP contribution in [0.25, 0.3) is 0 Å². The molecule has 0 aliphatic carbocycles. The van der Waals surface area contributed by atoms with Gasteiger partial charge in [0, 0.05) is 6.42 Å². The van der Waals surface area contributed by atoms with Gasteiger partial charge >= 0.3 is 5.97 Å². The molecule has 0 aromatic carbocycles. The van der Waals surface area contributed by atoms with Crippen molar-refractivity contribution in [3.8, 4) is 6.07 Å². The average Bonchev–Trinajstić information content (AvgIpc) is 2.03. The molecule has 0 saturated carbocycles. The van der Waals surface area contributed by atoms with E-state index in [0.29, 0.717) is 6.42 Å². The first-order valence-corrected chi connectivity index (χ1v) is 3.90. The summed E-state index contributed by atoms with van der Waals surface area (Å²) in [4.78, 5) is 10.7. The molecule has 0 aromatic rings. The molecule has 62 valence electrons. The lowest BCUT2D eigenvalue weighted by atomic mass is 10.3. The van der Waals surface area contributed by atoms with Crippen LogP contribution in [0.15, 0.2) is 0 Å². The molecular formula is C7H10ClNO2. The van der Waals surface area contributed by atoms with Crippen LogP contribution in [0.1, 0.15) is 19.8 Å². The van der Waals surface area contributed by atoms with Gasteiger partial charge in [0.2, 0.25) is 0 Å². The van der Waals surface area contributed by atoms with Gasteiger partial charge in [-0.2, -0.15) is 5.26 Å². The van der Waals surface area contributed by atoms with Crippen molar-refractivity contribution in [2.24, 2.45) is 0 Å². The van der Waals surface area contributed by atoms with Gasteiger partial charge in [-0.3, -0.25) is 4.79 Å². The first-order valence-electron chi connectivity index (χ1n) is 3.37. The fourth-order valence-electron chi connectivity index (χ4n) is 0.499. The summed E-state index contributed by atoms with van der Waals surface area (Å²) in [5.74, 6) is -0.134. The fraction of sp³-hybridized carbons (Fsp3) is 0.714. The van der Waals surface area contributed by atoms with Crippen molar-refractivity contribution in [3.05, 3.63) is 0 Å². The zero-order chi connectivity index (χ0) is 8.69. The molecule has 0 heterocycles. The van der Waals surface area contributed by atoms with E-state index in [9.17, 15) is 4.79 Å². The van der Waals surface area contributed by atoms with Gasteiger partial charge in [-0.15, -0.1) is 11.6 Å². The second-order valence-corrected chi connectivity index (χ2v) is 2.29. The number of esters is 1. The Labute approximate surface area is 70.9 Å². The van der Waals surface area contributed by atoms with Gasteiger partial charge in [0.25, 0.3) is 0 Å². The summed E-state index contributed by atoms with van der Waals surface area (Å²) in [6, 6.07) is 1.89. The van der Waals surface area contributed by atoms with E-state index in [2.05, 4.69) is 0 Å². The highest BCUT2D eigenvalue weighted by Gasteiger charge is 2.10. The maximum absolute atomic E-state index is 10.7. The van der Waals surface area contributed by atoms with E-state index in [4.69, 9.17) is 21.6 Å². The highest BCUT2D eigenvalue weighted by atomic mass is 35.5. The quantitative estimate of drug-likeness (QED) is 0.480. The zero-order valence-electron chi connectivity index (χ0n) is 6.34. The molecule has 0 spiro atoms. The first kappa shape index (κ1) is 10.2. The molecule has 0 bridgehead atoms. The number of halogens is 1. The van der Waals surface area contributed by atoms with E-state index in [-0.39, 0.29) is 18.3 Å². The number of hydrogen-bond acceptors (Lipinski definition) is 3. The molecule has 0 aliphatic heterocycles. The van der Waals surface area contributed by atoms with Gasteiger partial charge in [0.05, 0.1) is 18.4 Å². The zero-order valence-corrected chi connectivity index (χ0v) is 7.10. The topological polar surface area (TPSA) is 50.1 Å². The summed E-state index contributed by atoms with van der Waals surface area (Å²) >= 11 is 5.42. The second kappa shape index (κ2) is 5.99. The molecule has 0 aliphatic rings. The highest BCUT2D eigenvalue weighted by molar-refractivity contribution is 6.18. The van der Waals surface area contributed by atoms with E-state index in [1.807, 2.05) is 6.07 Å². The van der Waals surface area contributed by atoms with Crippen LogP contribution in [-0.2, 0) is 9.53 Å². The van der Waals surface area contributed by atoms with Crippen LogP contribution >= 0.6 is 11.6 Å². The third-order valence-electron chi connectivity index (χ3n) is 1.08. The van der Waals surface area contributed by atoms with Crippen LogP contribution < -0.4 is 0 Å². The number of carbonyl (C=O) groups excluding carboxylic acids is 1. The van der Waals surface area contributed by atoms with Crippen LogP contribution in [0.4, 0.5) is 0 Å². The number of nitriles is 1. The Morgan fingerprint density at radius 3 is 2.82 bits per heavy atom. The van der Waals surface area contributed by atoms with E-state index in [1.165, 1.54) is 0 Å². The summed E-state index contributed by atoms with van der Waals surface area (Å²) in [6.45, 7) is 1.69. The molecule has 0 amide bonds.